The lowest BCUT2D eigenvalue weighted by Crippen LogP contribution is -2.22. The monoisotopic (exact) mass is 419 g/mol. The number of fused-ring (bicyclic) bond motifs is 1. The van der Waals surface area contributed by atoms with Crippen LogP contribution in [0.25, 0.3) is 16.6 Å². The Morgan fingerprint density at radius 3 is 2.61 bits per heavy atom. The van der Waals surface area contributed by atoms with Crippen molar-refractivity contribution in [1.82, 2.24) is 14.3 Å². The van der Waals surface area contributed by atoms with Gasteiger partial charge in [-0.15, -0.1) is 0 Å². The maximum absolute atomic E-state index is 14.5. The van der Waals surface area contributed by atoms with Crippen molar-refractivity contribution in [1.29, 1.82) is 0 Å². The van der Waals surface area contributed by atoms with E-state index in [4.69, 9.17) is 4.74 Å². The van der Waals surface area contributed by atoms with Gasteiger partial charge in [-0.3, -0.25) is 9.59 Å². The van der Waals surface area contributed by atoms with Gasteiger partial charge in [0.15, 0.2) is 6.29 Å². The van der Waals surface area contributed by atoms with E-state index >= 15 is 0 Å². The first-order chi connectivity index (χ1) is 15.0. The molecule has 0 radical (unpaired) electrons. The van der Waals surface area contributed by atoms with E-state index in [1.807, 2.05) is 24.3 Å². The molecule has 2 heterocycles. The zero-order chi connectivity index (χ0) is 22.0. The van der Waals surface area contributed by atoms with Crippen molar-refractivity contribution in [3.8, 4) is 5.69 Å². The zero-order valence-corrected chi connectivity index (χ0v) is 16.6. The van der Waals surface area contributed by atoms with Crippen molar-refractivity contribution in [2.24, 2.45) is 0 Å². The molecule has 8 heteroatoms. The van der Waals surface area contributed by atoms with Crippen molar-refractivity contribution in [2.75, 3.05) is 6.61 Å². The van der Waals surface area contributed by atoms with Crippen LogP contribution in [0, 0.1) is 5.82 Å². The van der Waals surface area contributed by atoms with E-state index in [2.05, 4.69) is 5.10 Å². The van der Waals surface area contributed by atoms with Crippen LogP contribution >= 0.6 is 0 Å². The van der Waals surface area contributed by atoms with Gasteiger partial charge >= 0.3 is 5.97 Å². The lowest BCUT2D eigenvalue weighted by atomic mass is 10.1. The number of carbonyl (C=O) groups is 2. The predicted octanol–water partition coefficient (Wildman–Crippen LogP) is 3.36. The minimum atomic E-state index is -0.786. The van der Waals surface area contributed by atoms with Gasteiger partial charge in [0.25, 0.3) is 0 Å². The minimum absolute atomic E-state index is 0.105. The number of benzene rings is 2. The normalized spacial score (nSPS) is 10.9. The molecule has 0 aliphatic carbocycles. The number of aldehydes is 1. The fourth-order valence-corrected chi connectivity index (χ4v) is 3.37. The van der Waals surface area contributed by atoms with E-state index in [1.165, 1.54) is 24.5 Å². The summed E-state index contributed by atoms with van der Waals surface area (Å²) in [6.45, 7) is 2.04. The average molecular weight is 419 g/mol. The molecule has 156 valence electrons. The smallest absolute Gasteiger partial charge is 0.343 e. The van der Waals surface area contributed by atoms with Crippen molar-refractivity contribution in [3.05, 3.63) is 93.8 Å². The summed E-state index contributed by atoms with van der Waals surface area (Å²) >= 11 is 0. The van der Waals surface area contributed by atoms with E-state index in [0.717, 1.165) is 17.5 Å². The summed E-state index contributed by atoms with van der Waals surface area (Å²) in [6, 6.07) is 11.7. The van der Waals surface area contributed by atoms with Gasteiger partial charge in [0, 0.05) is 18.9 Å². The molecular formula is C23H18FN3O4. The SMILES string of the molecule is CCOC(=O)c1cn(Cc2ccc(-n3cc(C=O)cn3)cc2)c2cccc(F)c2c1=O. The number of carbonyl (C=O) groups excluding carboxylic acids is 2. The summed E-state index contributed by atoms with van der Waals surface area (Å²) in [4.78, 5) is 35.8. The molecule has 0 aliphatic heterocycles. The zero-order valence-electron chi connectivity index (χ0n) is 16.6. The summed E-state index contributed by atoms with van der Waals surface area (Å²) in [6.07, 6.45) is 5.21. The molecule has 4 aromatic rings. The summed E-state index contributed by atoms with van der Waals surface area (Å²) in [5.74, 6) is -1.48. The Labute approximate surface area is 176 Å². The molecule has 0 spiro atoms. The third-order valence-corrected chi connectivity index (χ3v) is 4.85. The molecule has 0 saturated heterocycles. The molecule has 0 bridgehead atoms. The molecule has 31 heavy (non-hydrogen) atoms. The van der Waals surface area contributed by atoms with Gasteiger partial charge < -0.3 is 9.30 Å². The van der Waals surface area contributed by atoms with Gasteiger partial charge in [-0.25, -0.2) is 13.9 Å². The molecule has 7 nitrogen and oxygen atoms in total. The maximum atomic E-state index is 14.5. The van der Waals surface area contributed by atoms with Crippen LogP contribution in [0.2, 0.25) is 0 Å². The summed E-state index contributed by atoms with van der Waals surface area (Å²) in [5, 5.41) is 3.98. The predicted molar refractivity (Wildman–Crippen MR) is 112 cm³/mol. The highest BCUT2D eigenvalue weighted by atomic mass is 19.1. The minimum Gasteiger partial charge on any atom is -0.462 e. The standard InChI is InChI=1S/C23H18FN3O4/c1-2-31-23(30)18-13-26(20-5-3-4-19(24)21(20)22(18)29)11-15-6-8-17(9-7-15)27-12-16(14-28)10-25-27/h3-10,12-14H,2,11H2,1H3. The molecule has 0 aliphatic rings. The molecule has 2 aromatic carbocycles. The Hall–Kier alpha value is -4.07. The van der Waals surface area contributed by atoms with Crippen LogP contribution in [0.1, 0.15) is 33.2 Å². The number of pyridine rings is 1. The van der Waals surface area contributed by atoms with Crippen molar-refractivity contribution < 1.29 is 18.7 Å². The largest absolute Gasteiger partial charge is 0.462 e. The fraction of sp³-hybridized carbons (Fsp3) is 0.130. The molecule has 0 N–H and O–H groups in total. The van der Waals surface area contributed by atoms with Gasteiger partial charge in [-0.05, 0) is 36.8 Å². The van der Waals surface area contributed by atoms with Crippen LogP contribution in [-0.2, 0) is 11.3 Å². The lowest BCUT2D eigenvalue weighted by molar-refractivity contribution is 0.0524. The lowest BCUT2D eigenvalue weighted by Gasteiger charge is -2.14. The summed E-state index contributed by atoms with van der Waals surface area (Å²) < 4.78 is 22.7. The van der Waals surface area contributed by atoms with Crippen LogP contribution in [-0.4, -0.2) is 33.2 Å². The Morgan fingerprint density at radius 1 is 1.16 bits per heavy atom. The highest BCUT2D eigenvalue weighted by Crippen LogP contribution is 2.18. The third kappa shape index (κ3) is 3.87. The second kappa shape index (κ2) is 8.35. The number of hydrogen-bond acceptors (Lipinski definition) is 5. The van der Waals surface area contributed by atoms with Crippen molar-refractivity contribution in [3.63, 3.8) is 0 Å². The number of aromatic nitrogens is 3. The molecular weight excluding hydrogens is 401 g/mol. The van der Waals surface area contributed by atoms with E-state index in [9.17, 15) is 18.8 Å². The molecule has 0 fully saturated rings. The van der Waals surface area contributed by atoms with Crippen LogP contribution in [0.4, 0.5) is 4.39 Å². The van der Waals surface area contributed by atoms with Crippen molar-refractivity contribution in [2.45, 2.75) is 13.5 Å². The molecule has 0 atom stereocenters. The maximum Gasteiger partial charge on any atom is 0.343 e. The van der Waals surface area contributed by atoms with Gasteiger partial charge in [-0.1, -0.05) is 18.2 Å². The fourth-order valence-electron chi connectivity index (χ4n) is 3.37. The highest BCUT2D eigenvalue weighted by Gasteiger charge is 2.19. The number of nitrogens with zero attached hydrogens (tertiary/aromatic N) is 3. The number of ether oxygens (including phenoxy) is 1. The van der Waals surface area contributed by atoms with Gasteiger partial charge in [0.05, 0.1) is 35.0 Å². The molecule has 0 unspecified atom stereocenters. The Bertz CT molecular complexity index is 1340. The van der Waals surface area contributed by atoms with Crippen LogP contribution in [0.3, 0.4) is 0 Å². The first-order valence-electron chi connectivity index (χ1n) is 9.59. The average Bonchev–Trinajstić information content (AvgIpc) is 3.25. The number of halogens is 1. The molecule has 0 saturated carbocycles. The summed E-state index contributed by atoms with van der Waals surface area (Å²) in [7, 11) is 0. The second-order valence-electron chi connectivity index (χ2n) is 6.86. The van der Waals surface area contributed by atoms with Crippen LogP contribution in [0.5, 0.6) is 0 Å². The van der Waals surface area contributed by atoms with Crippen LogP contribution in [0.15, 0.2) is 65.8 Å². The van der Waals surface area contributed by atoms with Gasteiger partial charge in [0.1, 0.15) is 11.4 Å². The number of rotatable bonds is 6. The molecule has 2 aromatic heterocycles. The first-order valence-corrected chi connectivity index (χ1v) is 9.59. The van der Waals surface area contributed by atoms with Crippen molar-refractivity contribution >= 4 is 23.2 Å². The van der Waals surface area contributed by atoms with Crippen LogP contribution < -0.4 is 5.43 Å². The summed E-state index contributed by atoms with van der Waals surface area (Å²) in [5.41, 5.74) is 1.56. The molecule has 0 amide bonds. The number of esters is 1. The van der Waals surface area contributed by atoms with E-state index in [1.54, 1.807) is 28.4 Å². The Kier molecular flexibility index (Phi) is 5.44. The highest BCUT2D eigenvalue weighted by molar-refractivity contribution is 5.94. The van der Waals surface area contributed by atoms with E-state index in [0.29, 0.717) is 17.6 Å². The van der Waals surface area contributed by atoms with Gasteiger partial charge in [-0.2, -0.15) is 5.10 Å². The Balaban J connectivity index is 1.74. The van der Waals surface area contributed by atoms with E-state index < -0.39 is 17.2 Å². The third-order valence-electron chi connectivity index (χ3n) is 4.85. The number of hydrogen-bond donors (Lipinski definition) is 0. The topological polar surface area (TPSA) is 83.2 Å². The first kappa shape index (κ1) is 20.2. The quantitative estimate of drug-likeness (QED) is 0.354. The Morgan fingerprint density at radius 2 is 1.94 bits per heavy atom. The second-order valence-corrected chi connectivity index (χ2v) is 6.86. The van der Waals surface area contributed by atoms with E-state index in [-0.39, 0.29) is 17.6 Å². The molecule has 4 rings (SSSR count). The van der Waals surface area contributed by atoms with Gasteiger partial charge in [0.2, 0.25) is 5.43 Å².